The average molecular weight is 481 g/mol. The second-order valence-electron chi connectivity index (χ2n) is 6.61. The van der Waals surface area contributed by atoms with Crippen molar-refractivity contribution in [3.63, 3.8) is 0 Å². The summed E-state index contributed by atoms with van der Waals surface area (Å²) in [6.07, 6.45) is 0. The quantitative estimate of drug-likeness (QED) is 0.333. The number of benzene rings is 4. The minimum Gasteiger partial charge on any atom is -0.508 e. The van der Waals surface area contributed by atoms with Crippen LogP contribution in [0.4, 0.5) is 5.69 Å². The molecule has 0 atom stereocenters. The number of anilines is 1. The van der Waals surface area contributed by atoms with Gasteiger partial charge in [0.15, 0.2) is 5.11 Å². The number of carbonyl (C=O) groups is 1. The number of methoxy groups -OCH3 is 1. The van der Waals surface area contributed by atoms with E-state index in [1.54, 1.807) is 24.3 Å². The highest BCUT2D eigenvalue weighted by atomic mass is 79.9. The Bertz CT molecular complexity index is 1310. The van der Waals surface area contributed by atoms with Crippen LogP contribution in [0.3, 0.4) is 0 Å². The average Bonchev–Trinajstić information content (AvgIpc) is 2.73. The Labute approximate surface area is 186 Å². The smallest absolute Gasteiger partial charge is 0.261 e. The number of aromatic hydroxyl groups is 1. The monoisotopic (exact) mass is 480 g/mol. The van der Waals surface area contributed by atoms with Crippen LogP contribution in [-0.4, -0.2) is 23.2 Å². The van der Waals surface area contributed by atoms with Crippen molar-refractivity contribution in [2.45, 2.75) is 0 Å². The van der Waals surface area contributed by atoms with Gasteiger partial charge in [0.25, 0.3) is 5.91 Å². The summed E-state index contributed by atoms with van der Waals surface area (Å²) in [6, 6.07) is 20.1. The Hall–Kier alpha value is -3.16. The minimum absolute atomic E-state index is 0.159. The van der Waals surface area contributed by atoms with Gasteiger partial charge in [0.05, 0.1) is 17.1 Å². The fraction of sp³-hybridized carbons (Fsp3) is 0.0435. The molecule has 0 bridgehead atoms. The van der Waals surface area contributed by atoms with Gasteiger partial charge >= 0.3 is 0 Å². The Kier molecular flexibility index (Phi) is 5.57. The number of amides is 1. The standard InChI is InChI=1S/C23H17BrN2O3S/c1-29-21-18(12-14-5-2-3-7-17(14)20(21)24)22(28)26-23(30)25-19-8-4-6-13-11-15(27)9-10-16(13)19/h2-12,27H,1H3,(H2,25,26,28,30). The zero-order chi connectivity index (χ0) is 21.3. The Balaban J connectivity index is 1.61. The minimum atomic E-state index is -0.381. The van der Waals surface area contributed by atoms with E-state index in [2.05, 4.69) is 26.6 Å². The number of carbonyl (C=O) groups excluding carboxylic acids is 1. The molecule has 0 unspecified atom stereocenters. The van der Waals surface area contributed by atoms with Gasteiger partial charge in [0, 0.05) is 11.1 Å². The molecule has 150 valence electrons. The van der Waals surface area contributed by atoms with Gasteiger partial charge in [-0.25, -0.2) is 0 Å². The van der Waals surface area contributed by atoms with E-state index in [1.165, 1.54) is 7.11 Å². The Morgan fingerprint density at radius 3 is 2.53 bits per heavy atom. The molecule has 0 aliphatic carbocycles. The largest absolute Gasteiger partial charge is 0.508 e. The molecule has 0 saturated heterocycles. The molecule has 0 spiro atoms. The van der Waals surface area contributed by atoms with Crippen LogP contribution in [0.5, 0.6) is 11.5 Å². The van der Waals surface area contributed by atoms with Crippen LogP contribution < -0.4 is 15.4 Å². The van der Waals surface area contributed by atoms with Crippen molar-refractivity contribution in [3.05, 3.63) is 76.8 Å². The maximum Gasteiger partial charge on any atom is 0.261 e. The predicted molar refractivity (Wildman–Crippen MR) is 127 cm³/mol. The van der Waals surface area contributed by atoms with Crippen LogP contribution in [0.2, 0.25) is 0 Å². The lowest BCUT2D eigenvalue weighted by Gasteiger charge is -2.15. The van der Waals surface area contributed by atoms with Crippen LogP contribution in [0.1, 0.15) is 10.4 Å². The SMILES string of the molecule is COc1c(C(=O)NC(=S)Nc2cccc3cc(O)ccc23)cc2ccccc2c1Br. The van der Waals surface area contributed by atoms with E-state index in [9.17, 15) is 9.90 Å². The summed E-state index contributed by atoms with van der Waals surface area (Å²) >= 11 is 8.90. The summed E-state index contributed by atoms with van der Waals surface area (Å²) in [7, 11) is 1.52. The lowest BCUT2D eigenvalue weighted by atomic mass is 10.1. The first kappa shape index (κ1) is 20.1. The number of nitrogens with one attached hydrogen (secondary N) is 2. The highest BCUT2D eigenvalue weighted by Gasteiger charge is 2.19. The number of halogens is 1. The van der Waals surface area contributed by atoms with Gasteiger partial charge in [0.1, 0.15) is 11.5 Å². The molecule has 0 aromatic heterocycles. The van der Waals surface area contributed by atoms with Gasteiger partial charge in [-0.2, -0.15) is 0 Å². The summed E-state index contributed by atoms with van der Waals surface area (Å²) in [6.45, 7) is 0. The number of fused-ring (bicyclic) bond motifs is 2. The van der Waals surface area contributed by atoms with Crippen LogP contribution >= 0.6 is 28.1 Å². The highest BCUT2D eigenvalue weighted by molar-refractivity contribution is 9.10. The van der Waals surface area contributed by atoms with E-state index >= 15 is 0 Å². The maximum absolute atomic E-state index is 13.0. The molecule has 30 heavy (non-hydrogen) atoms. The van der Waals surface area contributed by atoms with Gasteiger partial charge in [-0.05, 0) is 74.6 Å². The van der Waals surface area contributed by atoms with Crippen molar-refractivity contribution in [1.29, 1.82) is 0 Å². The van der Waals surface area contributed by atoms with E-state index in [0.717, 1.165) is 27.2 Å². The van der Waals surface area contributed by atoms with Crippen LogP contribution in [0.15, 0.2) is 71.2 Å². The first-order chi connectivity index (χ1) is 14.5. The number of hydrogen-bond donors (Lipinski definition) is 3. The molecule has 0 aliphatic rings. The maximum atomic E-state index is 13.0. The molecule has 1 amide bonds. The first-order valence-corrected chi connectivity index (χ1v) is 10.3. The van der Waals surface area contributed by atoms with E-state index in [4.69, 9.17) is 17.0 Å². The third kappa shape index (κ3) is 3.81. The predicted octanol–water partition coefficient (Wildman–Crippen LogP) is 5.60. The Morgan fingerprint density at radius 2 is 1.73 bits per heavy atom. The van der Waals surface area contributed by atoms with E-state index < -0.39 is 0 Å². The fourth-order valence-corrected chi connectivity index (χ4v) is 4.30. The van der Waals surface area contributed by atoms with Crippen molar-refractivity contribution in [3.8, 4) is 11.5 Å². The first-order valence-electron chi connectivity index (χ1n) is 9.07. The normalized spacial score (nSPS) is 10.7. The molecule has 0 saturated carbocycles. The van der Waals surface area contributed by atoms with Crippen molar-refractivity contribution >= 4 is 66.4 Å². The molecule has 7 heteroatoms. The van der Waals surface area contributed by atoms with Crippen molar-refractivity contribution in [2.75, 3.05) is 12.4 Å². The van der Waals surface area contributed by atoms with Crippen molar-refractivity contribution in [2.24, 2.45) is 0 Å². The third-order valence-corrected chi connectivity index (χ3v) is 5.72. The molecule has 0 aliphatic heterocycles. The topological polar surface area (TPSA) is 70.6 Å². The van der Waals surface area contributed by atoms with Gasteiger partial charge in [-0.3, -0.25) is 10.1 Å². The molecule has 4 aromatic carbocycles. The summed E-state index contributed by atoms with van der Waals surface area (Å²) in [5.41, 5.74) is 1.10. The molecule has 0 heterocycles. The lowest BCUT2D eigenvalue weighted by Crippen LogP contribution is -2.34. The van der Waals surface area contributed by atoms with Gasteiger partial charge < -0.3 is 15.2 Å². The number of thiocarbonyl (C=S) groups is 1. The zero-order valence-corrected chi connectivity index (χ0v) is 18.3. The summed E-state index contributed by atoms with van der Waals surface area (Å²) in [5, 5.41) is 19.2. The van der Waals surface area contributed by atoms with Gasteiger partial charge in [-0.15, -0.1) is 0 Å². The molecular formula is C23H17BrN2O3S. The molecular weight excluding hydrogens is 464 g/mol. The summed E-state index contributed by atoms with van der Waals surface area (Å²) in [5.74, 6) is 0.243. The second kappa shape index (κ2) is 8.30. The van der Waals surface area contributed by atoms with Crippen LogP contribution in [0, 0.1) is 0 Å². The number of phenols is 1. The van der Waals surface area contributed by atoms with Crippen LogP contribution in [-0.2, 0) is 0 Å². The fourth-order valence-electron chi connectivity index (χ4n) is 3.36. The summed E-state index contributed by atoms with van der Waals surface area (Å²) in [4.78, 5) is 13.0. The molecule has 5 nitrogen and oxygen atoms in total. The van der Waals surface area contributed by atoms with E-state index in [0.29, 0.717) is 15.8 Å². The number of phenolic OH excluding ortho intramolecular Hbond substituents is 1. The molecule has 4 rings (SSSR count). The highest BCUT2D eigenvalue weighted by Crippen LogP contribution is 2.36. The Morgan fingerprint density at radius 1 is 1.00 bits per heavy atom. The lowest BCUT2D eigenvalue weighted by molar-refractivity contribution is 0.0975. The molecule has 3 N–H and O–H groups in total. The number of rotatable bonds is 3. The molecule has 4 aromatic rings. The van der Waals surface area contributed by atoms with E-state index in [1.807, 2.05) is 42.5 Å². The van der Waals surface area contributed by atoms with Gasteiger partial charge in [-0.1, -0.05) is 36.4 Å². The molecule has 0 fully saturated rings. The zero-order valence-electron chi connectivity index (χ0n) is 15.9. The number of hydrogen-bond acceptors (Lipinski definition) is 4. The number of ether oxygens (including phenoxy) is 1. The van der Waals surface area contributed by atoms with Crippen LogP contribution in [0.25, 0.3) is 21.5 Å². The molecule has 0 radical (unpaired) electrons. The van der Waals surface area contributed by atoms with Crippen molar-refractivity contribution in [1.82, 2.24) is 5.32 Å². The summed E-state index contributed by atoms with van der Waals surface area (Å²) < 4.78 is 6.19. The van der Waals surface area contributed by atoms with Gasteiger partial charge in [0.2, 0.25) is 0 Å². The second-order valence-corrected chi connectivity index (χ2v) is 7.81. The van der Waals surface area contributed by atoms with Crippen molar-refractivity contribution < 1.29 is 14.6 Å². The van der Waals surface area contributed by atoms with E-state index in [-0.39, 0.29) is 16.8 Å². The third-order valence-electron chi connectivity index (χ3n) is 4.73.